The maximum atomic E-state index is 6.46. The van der Waals surface area contributed by atoms with Crippen molar-refractivity contribution in [2.75, 3.05) is 0 Å². The van der Waals surface area contributed by atoms with Crippen molar-refractivity contribution in [1.29, 1.82) is 0 Å². The molecule has 8 aromatic carbocycles. The van der Waals surface area contributed by atoms with Crippen molar-refractivity contribution >= 4 is 22.1 Å². The van der Waals surface area contributed by atoms with E-state index in [4.69, 9.17) is 14.4 Å². The number of fused-ring (bicyclic) bond motifs is 3. The van der Waals surface area contributed by atoms with E-state index in [1.54, 1.807) is 0 Å². The van der Waals surface area contributed by atoms with Crippen LogP contribution in [0.4, 0.5) is 0 Å². The first kappa shape index (κ1) is 32.3. The van der Waals surface area contributed by atoms with Crippen molar-refractivity contribution in [3.63, 3.8) is 0 Å². The number of nitrogens with zero attached hydrogens (tertiary/aromatic N) is 2. The summed E-state index contributed by atoms with van der Waals surface area (Å²) in [5.41, 5.74) is 16.7. The fourth-order valence-corrected chi connectivity index (χ4v) is 7.45. The minimum Gasteiger partial charge on any atom is -0.452 e. The highest BCUT2D eigenvalue weighted by molar-refractivity contribution is 6.07. The summed E-state index contributed by atoms with van der Waals surface area (Å²) in [5.74, 6) is 0.656. The molecule has 10 aromatic rings. The number of hydrogen-bond donors (Lipinski definition) is 0. The molecule has 3 heteroatoms. The standard InChI is InChI=1S/C52H34N2O/c1-3-12-35(13-4-1)37-24-26-38(27-25-37)43-18-10-19-44(33-43)45-20-11-21-46(34-45)52-53-49(51-50(54-52)47-22-7-8-23-48(47)55-51)40-30-28-39(29-31-40)42-17-9-16-41(32-42)36-14-5-2-6-15-36/h1-34H. The van der Waals surface area contributed by atoms with E-state index in [0.717, 1.165) is 55.6 Å². The third-order valence-corrected chi connectivity index (χ3v) is 10.3. The second-order valence-corrected chi connectivity index (χ2v) is 13.8. The number of aromatic nitrogens is 2. The summed E-state index contributed by atoms with van der Waals surface area (Å²) in [6, 6.07) is 72.4. The Morgan fingerprint density at radius 3 is 1.24 bits per heavy atom. The van der Waals surface area contributed by atoms with Crippen molar-refractivity contribution in [1.82, 2.24) is 9.97 Å². The average molecular weight is 703 g/mol. The van der Waals surface area contributed by atoms with Crippen LogP contribution in [0.3, 0.4) is 0 Å². The Kier molecular flexibility index (Phi) is 8.16. The first-order valence-electron chi connectivity index (χ1n) is 18.6. The van der Waals surface area contributed by atoms with Gasteiger partial charge in [0.1, 0.15) is 16.8 Å². The topological polar surface area (TPSA) is 38.9 Å². The van der Waals surface area contributed by atoms with Gasteiger partial charge in [0.15, 0.2) is 11.4 Å². The van der Waals surface area contributed by atoms with E-state index in [1.807, 2.05) is 30.3 Å². The smallest absolute Gasteiger partial charge is 0.180 e. The zero-order chi connectivity index (χ0) is 36.6. The SMILES string of the molecule is c1ccc(-c2ccc(-c3cccc(-c4cccc(-c5nc(-c6ccc(-c7cccc(-c8ccccc8)c7)cc6)c6oc7ccccc7c6n5)c4)c3)cc2)cc1. The molecule has 2 heterocycles. The summed E-state index contributed by atoms with van der Waals surface area (Å²) >= 11 is 0. The highest BCUT2D eigenvalue weighted by Crippen LogP contribution is 2.37. The van der Waals surface area contributed by atoms with Gasteiger partial charge in [0.2, 0.25) is 0 Å². The van der Waals surface area contributed by atoms with Crippen LogP contribution in [0, 0.1) is 0 Å². The van der Waals surface area contributed by atoms with Crippen LogP contribution in [0.25, 0.3) is 100 Å². The van der Waals surface area contributed by atoms with Gasteiger partial charge < -0.3 is 4.42 Å². The molecule has 0 atom stereocenters. The van der Waals surface area contributed by atoms with Gasteiger partial charge in [-0.05, 0) is 86.0 Å². The van der Waals surface area contributed by atoms with Crippen molar-refractivity contribution in [2.24, 2.45) is 0 Å². The molecule has 0 spiro atoms. The van der Waals surface area contributed by atoms with Gasteiger partial charge in [-0.2, -0.15) is 0 Å². The number of furan rings is 1. The van der Waals surface area contributed by atoms with Gasteiger partial charge in [-0.25, -0.2) is 9.97 Å². The maximum absolute atomic E-state index is 6.46. The minimum absolute atomic E-state index is 0.656. The largest absolute Gasteiger partial charge is 0.452 e. The Hall–Kier alpha value is -7.36. The van der Waals surface area contributed by atoms with Crippen LogP contribution in [-0.2, 0) is 0 Å². The zero-order valence-corrected chi connectivity index (χ0v) is 29.9. The molecule has 0 aliphatic heterocycles. The summed E-state index contributed by atoms with van der Waals surface area (Å²) in [6.45, 7) is 0. The second-order valence-electron chi connectivity index (χ2n) is 13.8. The van der Waals surface area contributed by atoms with E-state index < -0.39 is 0 Å². The van der Waals surface area contributed by atoms with Gasteiger partial charge in [0.25, 0.3) is 0 Å². The van der Waals surface area contributed by atoms with E-state index in [-0.39, 0.29) is 0 Å². The Balaban J connectivity index is 1.01. The third kappa shape index (κ3) is 6.28. The molecule has 0 N–H and O–H groups in total. The molecule has 0 saturated heterocycles. The lowest BCUT2D eigenvalue weighted by atomic mass is 9.96. The van der Waals surface area contributed by atoms with Crippen LogP contribution >= 0.6 is 0 Å². The Bertz CT molecular complexity index is 2950. The van der Waals surface area contributed by atoms with Crippen LogP contribution in [0.1, 0.15) is 0 Å². The van der Waals surface area contributed by atoms with Crippen LogP contribution < -0.4 is 0 Å². The zero-order valence-electron chi connectivity index (χ0n) is 29.9. The van der Waals surface area contributed by atoms with Crippen molar-refractivity contribution in [2.45, 2.75) is 0 Å². The summed E-state index contributed by atoms with van der Waals surface area (Å²) < 4.78 is 6.46. The highest BCUT2D eigenvalue weighted by atomic mass is 16.3. The molecule has 258 valence electrons. The van der Waals surface area contributed by atoms with Gasteiger partial charge in [0, 0.05) is 16.5 Å². The summed E-state index contributed by atoms with van der Waals surface area (Å²) in [4.78, 5) is 10.4. The number of para-hydroxylation sites is 1. The van der Waals surface area contributed by atoms with Gasteiger partial charge >= 0.3 is 0 Å². The Labute approximate surface area is 319 Å². The van der Waals surface area contributed by atoms with Gasteiger partial charge in [-0.3, -0.25) is 0 Å². The quantitative estimate of drug-likeness (QED) is 0.166. The monoisotopic (exact) mass is 702 g/mol. The fraction of sp³-hybridized carbons (Fsp3) is 0. The molecule has 10 rings (SSSR count). The lowest BCUT2D eigenvalue weighted by Crippen LogP contribution is -1.94. The van der Waals surface area contributed by atoms with E-state index in [0.29, 0.717) is 11.4 Å². The summed E-state index contributed by atoms with van der Waals surface area (Å²) in [6.07, 6.45) is 0. The lowest BCUT2D eigenvalue weighted by Gasteiger charge is -2.10. The molecule has 0 fully saturated rings. The van der Waals surface area contributed by atoms with Crippen LogP contribution in [0.5, 0.6) is 0 Å². The lowest BCUT2D eigenvalue weighted by molar-refractivity contribution is 0.667. The molecule has 0 bridgehead atoms. The predicted octanol–water partition coefficient (Wildman–Crippen LogP) is 14.0. The first-order chi connectivity index (χ1) is 27.2. The molecule has 2 aromatic heterocycles. The maximum Gasteiger partial charge on any atom is 0.180 e. The van der Waals surface area contributed by atoms with E-state index in [2.05, 4.69) is 176 Å². The molecule has 0 unspecified atom stereocenters. The second kappa shape index (κ2) is 13.9. The fourth-order valence-electron chi connectivity index (χ4n) is 7.45. The molecule has 0 radical (unpaired) electrons. The number of rotatable bonds is 7. The van der Waals surface area contributed by atoms with Crippen LogP contribution in [0.15, 0.2) is 211 Å². The average Bonchev–Trinajstić information content (AvgIpc) is 3.66. The molecule has 3 nitrogen and oxygen atoms in total. The molecule has 0 saturated carbocycles. The van der Waals surface area contributed by atoms with E-state index in [9.17, 15) is 0 Å². The first-order valence-corrected chi connectivity index (χ1v) is 18.6. The van der Waals surface area contributed by atoms with Crippen molar-refractivity contribution in [3.05, 3.63) is 206 Å². The molecule has 0 aliphatic rings. The van der Waals surface area contributed by atoms with Crippen LogP contribution in [0.2, 0.25) is 0 Å². The summed E-state index contributed by atoms with van der Waals surface area (Å²) in [5, 5.41) is 0.971. The third-order valence-electron chi connectivity index (χ3n) is 10.3. The normalized spacial score (nSPS) is 11.3. The number of hydrogen-bond acceptors (Lipinski definition) is 3. The van der Waals surface area contributed by atoms with Gasteiger partial charge in [-0.1, -0.05) is 176 Å². The summed E-state index contributed by atoms with van der Waals surface area (Å²) in [7, 11) is 0. The van der Waals surface area contributed by atoms with Crippen molar-refractivity contribution < 1.29 is 4.42 Å². The number of benzene rings is 8. The molecular weight excluding hydrogens is 669 g/mol. The minimum atomic E-state index is 0.656. The van der Waals surface area contributed by atoms with Crippen molar-refractivity contribution in [3.8, 4) is 78.3 Å². The van der Waals surface area contributed by atoms with E-state index >= 15 is 0 Å². The predicted molar refractivity (Wildman–Crippen MR) is 227 cm³/mol. The van der Waals surface area contributed by atoms with Gasteiger partial charge in [-0.15, -0.1) is 0 Å². The Morgan fingerprint density at radius 1 is 0.291 bits per heavy atom. The Morgan fingerprint density at radius 2 is 0.673 bits per heavy atom. The van der Waals surface area contributed by atoms with Gasteiger partial charge in [0.05, 0.1) is 0 Å². The van der Waals surface area contributed by atoms with E-state index in [1.165, 1.54) is 33.4 Å². The molecule has 55 heavy (non-hydrogen) atoms. The molecule has 0 aliphatic carbocycles. The van der Waals surface area contributed by atoms with Crippen LogP contribution in [-0.4, -0.2) is 9.97 Å². The molecular formula is C52H34N2O. The molecule has 0 amide bonds. The highest BCUT2D eigenvalue weighted by Gasteiger charge is 2.19.